The van der Waals surface area contributed by atoms with Crippen LogP contribution in [0.1, 0.15) is 10.4 Å². The number of thiophene rings is 1. The molecule has 0 radical (unpaired) electrons. The average molecular weight is 476 g/mol. The zero-order valence-electron chi connectivity index (χ0n) is 16.4. The monoisotopic (exact) mass is 475 g/mol. The van der Waals surface area contributed by atoms with Gasteiger partial charge in [0.05, 0.1) is 17.1 Å². The van der Waals surface area contributed by atoms with Crippen LogP contribution in [0.25, 0.3) is 0 Å². The maximum absolute atomic E-state index is 12.7. The summed E-state index contributed by atoms with van der Waals surface area (Å²) in [5.41, 5.74) is 0.176. The van der Waals surface area contributed by atoms with Gasteiger partial charge in [0.25, 0.3) is 11.6 Å². The highest BCUT2D eigenvalue weighted by Crippen LogP contribution is 2.40. The topological polar surface area (TPSA) is 139 Å². The van der Waals surface area contributed by atoms with Crippen molar-refractivity contribution in [1.82, 2.24) is 10.2 Å². The number of nitro groups is 1. The summed E-state index contributed by atoms with van der Waals surface area (Å²) in [6, 6.07) is 8.35. The molecule has 1 aromatic heterocycles. The molecule has 2 atom stereocenters. The molecule has 32 heavy (non-hydrogen) atoms. The fourth-order valence-corrected chi connectivity index (χ4v) is 5.22. The number of hydrogen-bond acceptors (Lipinski definition) is 9. The number of amides is 2. The molecule has 2 amide bonds. The van der Waals surface area contributed by atoms with Gasteiger partial charge in [-0.3, -0.25) is 24.6 Å². The fourth-order valence-electron chi connectivity index (χ4n) is 3.32. The van der Waals surface area contributed by atoms with Gasteiger partial charge in [-0.25, -0.2) is 4.79 Å². The number of thioether (sulfide) groups is 1. The molecule has 2 aliphatic heterocycles. The Morgan fingerprint density at radius 1 is 1.28 bits per heavy atom. The minimum Gasteiger partial charge on any atom is -0.509 e. The normalized spacial score (nSPS) is 19.8. The molecule has 0 bridgehead atoms. The lowest BCUT2D eigenvalue weighted by molar-refractivity contribution is -0.384. The lowest BCUT2D eigenvalue weighted by Gasteiger charge is -2.48. The van der Waals surface area contributed by atoms with Crippen molar-refractivity contribution in [3.8, 4) is 0 Å². The zero-order valence-corrected chi connectivity index (χ0v) is 18.1. The van der Waals surface area contributed by atoms with Crippen LogP contribution in [0, 0.1) is 10.1 Å². The molecule has 0 aliphatic carbocycles. The van der Waals surface area contributed by atoms with E-state index in [4.69, 9.17) is 4.74 Å². The minimum absolute atomic E-state index is 0.0910. The Labute approximate surface area is 190 Å². The fraction of sp³-hybridized carbons (Fsp3) is 0.250. The standard InChI is InChI=1S/C20H17N3O7S2/c24-14-10-32-19-16(21-15(25)8-13-2-1-7-31-13)18(26)22(19)17(14)20(27)30-9-11-3-5-12(6-4-11)23(28)29/h1-7,16,19,24H,8-10H2,(H,21,25)/t16-,19-/m1/s1. The highest BCUT2D eigenvalue weighted by Gasteiger charge is 2.54. The lowest BCUT2D eigenvalue weighted by atomic mass is 10.0. The van der Waals surface area contributed by atoms with Crippen molar-refractivity contribution in [3.63, 3.8) is 0 Å². The van der Waals surface area contributed by atoms with Gasteiger partial charge in [0, 0.05) is 17.0 Å². The Kier molecular flexibility index (Phi) is 6.15. The SMILES string of the molecule is O=C(Cc1cccs1)N[C@@H]1C(=O)N2C(C(=O)OCc3ccc([N+](=O)[O-])cc3)=C(O)CS[C@H]12. The number of nitrogens with one attached hydrogen (secondary N) is 1. The first-order valence-electron chi connectivity index (χ1n) is 9.44. The predicted octanol–water partition coefficient (Wildman–Crippen LogP) is 2.11. The second-order valence-electron chi connectivity index (χ2n) is 7.01. The number of carbonyl (C=O) groups is 3. The molecule has 12 heteroatoms. The third-order valence-corrected chi connectivity index (χ3v) is 7.03. The first-order chi connectivity index (χ1) is 15.3. The van der Waals surface area contributed by atoms with Crippen LogP contribution >= 0.6 is 23.1 Å². The molecule has 1 saturated heterocycles. The van der Waals surface area contributed by atoms with Gasteiger partial charge in [0.1, 0.15) is 23.8 Å². The molecule has 3 heterocycles. The van der Waals surface area contributed by atoms with Crippen LogP contribution in [-0.2, 0) is 32.1 Å². The molecular weight excluding hydrogens is 458 g/mol. The first-order valence-corrected chi connectivity index (χ1v) is 11.4. The van der Waals surface area contributed by atoms with Crippen LogP contribution < -0.4 is 5.32 Å². The van der Waals surface area contributed by atoms with Crippen molar-refractivity contribution in [3.05, 3.63) is 73.8 Å². The van der Waals surface area contributed by atoms with Gasteiger partial charge >= 0.3 is 5.97 Å². The Bertz CT molecular complexity index is 1100. The van der Waals surface area contributed by atoms with E-state index in [1.165, 1.54) is 47.4 Å². The van der Waals surface area contributed by atoms with Crippen LogP contribution in [0.5, 0.6) is 0 Å². The molecule has 2 aliphatic rings. The maximum atomic E-state index is 12.7. The van der Waals surface area contributed by atoms with E-state index < -0.39 is 28.2 Å². The maximum Gasteiger partial charge on any atom is 0.358 e. The number of benzene rings is 1. The van der Waals surface area contributed by atoms with Crippen molar-refractivity contribution in [1.29, 1.82) is 0 Å². The van der Waals surface area contributed by atoms with Crippen LogP contribution in [0.3, 0.4) is 0 Å². The van der Waals surface area contributed by atoms with Crippen molar-refractivity contribution in [2.75, 3.05) is 5.75 Å². The number of esters is 1. The Hall–Kier alpha value is -3.38. The summed E-state index contributed by atoms with van der Waals surface area (Å²) in [4.78, 5) is 49.7. The van der Waals surface area contributed by atoms with E-state index in [1.807, 2.05) is 17.5 Å². The number of rotatable bonds is 7. The third-order valence-electron chi connectivity index (χ3n) is 4.89. The molecule has 1 fully saturated rings. The third kappa shape index (κ3) is 4.32. The Morgan fingerprint density at radius 3 is 2.69 bits per heavy atom. The van der Waals surface area contributed by atoms with Gasteiger partial charge in [-0.1, -0.05) is 6.07 Å². The van der Waals surface area contributed by atoms with E-state index in [2.05, 4.69) is 5.32 Å². The summed E-state index contributed by atoms with van der Waals surface area (Å²) >= 11 is 2.68. The molecule has 1 aromatic carbocycles. The predicted molar refractivity (Wildman–Crippen MR) is 116 cm³/mol. The number of carbonyl (C=O) groups excluding carboxylic acids is 3. The number of aliphatic hydroxyl groups is 1. The Morgan fingerprint density at radius 2 is 2.03 bits per heavy atom. The van der Waals surface area contributed by atoms with Crippen molar-refractivity contribution in [2.24, 2.45) is 0 Å². The van der Waals surface area contributed by atoms with Gasteiger partial charge in [-0.15, -0.1) is 23.1 Å². The van der Waals surface area contributed by atoms with E-state index >= 15 is 0 Å². The highest BCUT2D eigenvalue weighted by molar-refractivity contribution is 8.00. The summed E-state index contributed by atoms with van der Waals surface area (Å²) in [6.45, 7) is -0.186. The average Bonchev–Trinajstić information content (AvgIpc) is 3.28. The van der Waals surface area contributed by atoms with Gasteiger partial charge in [0.2, 0.25) is 5.91 Å². The summed E-state index contributed by atoms with van der Waals surface area (Å²) < 4.78 is 5.21. The van der Waals surface area contributed by atoms with E-state index in [9.17, 15) is 29.6 Å². The molecule has 2 aromatic rings. The molecule has 0 saturated carbocycles. The van der Waals surface area contributed by atoms with Crippen molar-refractivity contribution in [2.45, 2.75) is 24.4 Å². The second-order valence-corrected chi connectivity index (χ2v) is 9.14. The van der Waals surface area contributed by atoms with Crippen LogP contribution in [-0.4, -0.2) is 49.9 Å². The van der Waals surface area contributed by atoms with Crippen LogP contribution in [0.15, 0.2) is 53.2 Å². The largest absolute Gasteiger partial charge is 0.509 e. The smallest absolute Gasteiger partial charge is 0.358 e. The van der Waals surface area contributed by atoms with Gasteiger partial charge < -0.3 is 15.2 Å². The number of hydrogen-bond donors (Lipinski definition) is 2. The van der Waals surface area contributed by atoms with E-state index in [0.717, 1.165) is 9.78 Å². The van der Waals surface area contributed by atoms with Crippen molar-refractivity contribution < 1.29 is 29.2 Å². The van der Waals surface area contributed by atoms with E-state index in [0.29, 0.717) is 5.56 Å². The summed E-state index contributed by atoms with van der Waals surface area (Å²) in [6.07, 6.45) is 0.157. The molecule has 0 spiro atoms. The number of aliphatic hydroxyl groups excluding tert-OH is 1. The summed E-state index contributed by atoms with van der Waals surface area (Å²) in [5.74, 6) is -1.88. The van der Waals surface area contributed by atoms with Gasteiger partial charge in [0.15, 0.2) is 5.70 Å². The van der Waals surface area contributed by atoms with Crippen LogP contribution in [0.4, 0.5) is 5.69 Å². The quantitative estimate of drug-likeness (QED) is 0.269. The summed E-state index contributed by atoms with van der Waals surface area (Å²) in [7, 11) is 0. The summed E-state index contributed by atoms with van der Waals surface area (Å²) in [5, 5.41) is 25.0. The molecule has 166 valence electrons. The molecule has 4 rings (SSSR count). The molecule has 0 unspecified atom stereocenters. The van der Waals surface area contributed by atoms with Gasteiger partial charge in [-0.2, -0.15) is 0 Å². The first kappa shape index (κ1) is 21.8. The zero-order chi connectivity index (χ0) is 22.8. The van der Waals surface area contributed by atoms with Crippen molar-refractivity contribution >= 4 is 46.6 Å². The Balaban J connectivity index is 1.38. The number of nitro benzene ring substituents is 1. The highest BCUT2D eigenvalue weighted by atomic mass is 32.2. The molecule has 10 nitrogen and oxygen atoms in total. The number of fused-ring (bicyclic) bond motifs is 1. The lowest BCUT2D eigenvalue weighted by Crippen LogP contribution is -2.70. The number of nitrogens with zero attached hydrogens (tertiary/aromatic N) is 2. The molecule has 2 N–H and O–H groups in total. The van der Waals surface area contributed by atoms with E-state index in [-0.39, 0.29) is 41.8 Å². The second kappa shape index (κ2) is 9.01. The number of β-lactam (4-membered cyclic amide) rings is 1. The number of non-ortho nitro benzene ring substituents is 1. The number of ether oxygens (including phenoxy) is 1. The minimum atomic E-state index is -0.886. The molecular formula is C20H17N3O7S2. The van der Waals surface area contributed by atoms with Gasteiger partial charge in [-0.05, 0) is 29.1 Å². The van der Waals surface area contributed by atoms with Crippen LogP contribution in [0.2, 0.25) is 0 Å². The van der Waals surface area contributed by atoms with E-state index in [1.54, 1.807) is 0 Å².